The van der Waals surface area contributed by atoms with Gasteiger partial charge in [-0.05, 0) is 19.1 Å². The Morgan fingerprint density at radius 1 is 1.52 bits per heavy atom. The second-order valence-electron chi connectivity index (χ2n) is 6.75. The number of likely N-dealkylation sites (tertiary alicyclic amines) is 1. The first-order chi connectivity index (χ1) is 12.9. The van der Waals surface area contributed by atoms with E-state index in [1.165, 1.54) is 18.3 Å². The van der Waals surface area contributed by atoms with Crippen LogP contribution < -0.4 is 10.6 Å². The van der Waals surface area contributed by atoms with Crippen LogP contribution in [0.25, 0.3) is 0 Å². The van der Waals surface area contributed by atoms with Crippen molar-refractivity contribution in [3.8, 4) is 0 Å². The Kier molecular flexibility index (Phi) is 6.08. The van der Waals surface area contributed by atoms with Gasteiger partial charge in [0.2, 0.25) is 5.91 Å². The second-order valence-corrected chi connectivity index (χ2v) is 7.86. The van der Waals surface area contributed by atoms with Crippen LogP contribution in [0.4, 0.5) is 5.13 Å². The number of anilines is 1. The van der Waals surface area contributed by atoms with Crippen LogP contribution >= 0.6 is 11.3 Å². The number of nitrogens with one attached hydrogen (secondary N) is 3. The summed E-state index contributed by atoms with van der Waals surface area (Å²) in [6.07, 6.45) is 10.2. The van der Waals surface area contributed by atoms with Crippen LogP contribution in [0.3, 0.4) is 0 Å². The number of amides is 1. The van der Waals surface area contributed by atoms with Crippen molar-refractivity contribution in [2.45, 2.75) is 39.0 Å². The summed E-state index contributed by atoms with van der Waals surface area (Å²) in [5, 5.41) is 14.4. The molecule has 3 N–H and O–H groups in total. The van der Waals surface area contributed by atoms with Gasteiger partial charge < -0.3 is 20.8 Å². The third kappa shape index (κ3) is 5.05. The molecule has 1 aliphatic heterocycles. The number of allylic oxidation sites excluding steroid dienone is 4. The standard InChI is InChI=1S/C19H25N5O2S/c1-12-6-16(26-15-5-4-14(8-21-3)18(20)7-15)10-24(12)11-17-9-22-19(27-17)23-13(2)25/h4-5,7-9,12,16,20-21H,6,10-11H2,1-3H3,(H,22,23,25)/b14-8-,20-18?. The summed E-state index contributed by atoms with van der Waals surface area (Å²) in [4.78, 5) is 18.8. The van der Waals surface area contributed by atoms with Crippen LogP contribution in [-0.2, 0) is 16.1 Å². The molecule has 0 radical (unpaired) electrons. The van der Waals surface area contributed by atoms with Gasteiger partial charge in [-0.2, -0.15) is 0 Å². The molecule has 1 amide bonds. The highest BCUT2D eigenvalue weighted by molar-refractivity contribution is 7.15. The van der Waals surface area contributed by atoms with E-state index in [0.29, 0.717) is 16.9 Å². The highest BCUT2D eigenvalue weighted by atomic mass is 32.1. The molecule has 0 bridgehead atoms. The number of thiazole rings is 1. The van der Waals surface area contributed by atoms with Gasteiger partial charge >= 0.3 is 0 Å². The van der Waals surface area contributed by atoms with Crippen LogP contribution in [0.5, 0.6) is 0 Å². The van der Waals surface area contributed by atoms with E-state index in [0.717, 1.165) is 35.7 Å². The Hall–Kier alpha value is -2.45. The zero-order chi connectivity index (χ0) is 19.4. The fourth-order valence-corrected chi connectivity index (χ4v) is 4.11. The lowest BCUT2D eigenvalue weighted by molar-refractivity contribution is -0.114. The van der Waals surface area contributed by atoms with E-state index in [-0.39, 0.29) is 12.0 Å². The summed E-state index contributed by atoms with van der Waals surface area (Å²) in [5.41, 5.74) is 1.28. The fraction of sp³-hybridized carbons (Fsp3) is 0.421. The zero-order valence-electron chi connectivity index (χ0n) is 15.8. The van der Waals surface area contributed by atoms with Crippen molar-refractivity contribution in [3.05, 3.63) is 46.8 Å². The average Bonchev–Trinajstić information content (AvgIpc) is 3.16. The van der Waals surface area contributed by atoms with E-state index in [1.807, 2.05) is 25.4 Å². The largest absolute Gasteiger partial charge is 0.489 e. The molecule has 2 atom stereocenters. The van der Waals surface area contributed by atoms with E-state index in [9.17, 15) is 4.79 Å². The summed E-state index contributed by atoms with van der Waals surface area (Å²) in [7, 11) is 1.82. The minimum absolute atomic E-state index is 0.0984. The smallest absolute Gasteiger partial charge is 0.223 e. The van der Waals surface area contributed by atoms with Crippen molar-refractivity contribution >= 4 is 28.1 Å². The van der Waals surface area contributed by atoms with Crippen LogP contribution in [0.2, 0.25) is 0 Å². The summed E-state index contributed by atoms with van der Waals surface area (Å²) in [6, 6.07) is 0.397. The van der Waals surface area contributed by atoms with Crippen LogP contribution in [0.1, 0.15) is 25.1 Å². The van der Waals surface area contributed by atoms with E-state index >= 15 is 0 Å². The molecule has 2 heterocycles. The first kappa shape index (κ1) is 19.3. The topological polar surface area (TPSA) is 90.3 Å². The maximum atomic E-state index is 11.1. The molecular weight excluding hydrogens is 362 g/mol. The molecule has 1 fully saturated rings. The van der Waals surface area contributed by atoms with Gasteiger partial charge in [0.1, 0.15) is 11.9 Å². The molecule has 27 heavy (non-hydrogen) atoms. The van der Waals surface area contributed by atoms with E-state index in [4.69, 9.17) is 10.1 Å². The molecule has 3 rings (SSSR count). The van der Waals surface area contributed by atoms with Crippen molar-refractivity contribution in [2.75, 3.05) is 18.9 Å². The van der Waals surface area contributed by atoms with Crippen molar-refractivity contribution in [3.63, 3.8) is 0 Å². The van der Waals surface area contributed by atoms with Crippen LogP contribution in [0, 0.1) is 5.41 Å². The van der Waals surface area contributed by atoms with Gasteiger partial charge in [0.25, 0.3) is 0 Å². The molecule has 144 valence electrons. The van der Waals surface area contributed by atoms with E-state index in [1.54, 1.807) is 12.3 Å². The fourth-order valence-electron chi connectivity index (χ4n) is 3.22. The number of hydrogen-bond acceptors (Lipinski definition) is 7. The minimum Gasteiger partial charge on any atom is -0.489 e. The van der Waals surface area contributed by atoms with Gasteiger partial charge in [-0.15, -0.1) is 11.3 Å². The number of carbonyl (C=O) groups is 1. The number of carbonyl (C=O) groups excluding carboxylic acids is 1. The average molecular weight is 388 g/mol. The Bertz CT molecular complexity index is 811. The molecule has 1 aromatic rings. The highest BCUT2D eigenvalue weighted by Crippen LogP contribution is 2.27. The summed E-state index contributed by atoms with van der Waals surface area (Å²) in [6.45, 7) is 5.29. The predicted octanol–water partition coefficient (Wildman–Crippen LogP) is 2.66. The Morgan fingerprint density at radius 3 is 3.04 bits per heavy atom. The first-order valence-electron chi connectivity index (χ1n) is 8.93. The molecule has 7 nitrogen and oxygen atoms in total. The van der Waals surface area contributed by atoms with Crippen molar-refractivity contribution in [1.82, 2.24) is 15.2 Å². The molecule has 1 aliphatic carbocycles. The SMILES string of the molecule is CN/C=C1/C=CC(OC2CC(C)N(Cc3cnc(NC(C)=O)s3)C2)=CC1=N. The number of hydrogen-bond donors (Lipinski definition) is 3. The third-order valence-electron chi connectivity index (χ3n) is 4.49. The van der Waals surface area contributed by atoms with Crippen LogP contribution in [0.15, 0.2) is 42.0 Å². The van der Waals surface area contributed by atoms with Gasteiger partial charge in [-0.3, -0.25) is 9.69 Å². The van der Waals surface area contributed by atoms with Gasteiger partial charge in [0, 0.05) is 68.4 Å². The number of nitrogens with zero attached hydrogens (tertiary/aromatic N) is 2. The maximum absolute atomic E-state index is 11.1. The first-order valence-corrected chi connectivity index (χ1v) is 9.75. The number of rotatable bonds is 6. The number of ether oxygens (including phenoxy) is 1. The molecule has 1 aromatic heterocycles. The van der Waals surface area contributed by atoms with Gasteiger partial charge in [-0.25, -0.2) is 4.98 Å². The lowest BCUT2D eigenvalue weighted by Crippen LogP contribution is -2.27. The normalized spacial score (nSPS) is 24.2. The third-order valence-corrected chi connectivity index (χ3v) is 5.39. The van der Waals surface area contributed by atoms with Crippen molar-refractivity contribution < 1.29 is 9.53 Å². The van der Waals surface area contributed by atoms with E-state index < -0.39 is 0 Å². The van der Waals surface area contributed by atoms with Gasteiger partial charge in [0.05, 0.1) is 5.71 Å². The maximum Gasteiger partial charge on any atom is 0.223 e. The van der Waals surface area contributed by atoms with Gasteiger partial charge in [-0.1, -0.05) is 0 Å². The lowest BCUT2D eigenvalue weighted by Gasteiger charge is -2.20. The Labute approximate surface area is 163 Å². The zero-order valence-corrected chi connectivity index (χ0v) is 16.6. The summed E-state index contributed by atoms with van der Waals surface area (Å²) < 4.78 is 6.12. The molecule has 2 aliphatic rings. The van der Waals surface area contributed by atoms with Crippen molar-refractivity contribution in [2.24, 2.45) is 0 Å². The molecule has 0 aromatic carbocycles. The predicted molar refractivity (Wildman–Crippen MR) is 108 cm³/mol. The molecule has 2 unspecified atom stereocenters. The van der Waals surface area contributed by atoms with E-state index in [2.05, 4.69) is 27.4 Å². The quantitative estimate of drug-likeness (QED) is 0.698. The molecular formula is C19H25N5O2S. The molecule has 0 saturated carbocycles. The lowest BCUT2D eigenvalue weighted by atomic mass is 10.1. The summed E-state index contributed by atoms with van der Waals surface area (Å²) in [5.74, 6) is 0.629. The monoisotopic (exact) mass is 387 g/mol. The van der Waals surface area contributed by atoms with Gasteiger partial charge in [0.15, 0.2) is 5.13 Å². The molecule has 8 heteroatoms. The Balaban J connectivity index is 1.55. The second kappa shape index (κ2) is 8.49. The Morgan fingerprint density at radius 2 is 2.33 bits per heavy atom. The minimum atomic E-state index is -0.106. The molecule has 1 saturated heterocycles. The van der Waals surface area contributed by atoms with Crippen molar-refractivity contribution in [1.29, 1.82) is 5.41 Å². The molecule has 0 spiro atoms. The van der Waals surface area contributed by atoms with Crippen LogP contribution in [-0.4, -0.2) is 47.2 Å². The summed E-state index contributed by atoms with van der Waals surface area (Å²) >= 11 is 1.50. The highest BCUT2D eigenvalue weighted by Gasteiger charge is 2.31. The number of aromatic nitrogens is 1.